The van der Waals surface area contributed by atoms with Crippen LogP contribution in [0.15, 0.2) is 109 Å². The van der Waals surface area contributed by atoms with Gasteiger partial charge in [-0.25, -0.2) is 19.8 Å². The normalized spacial score (nSPS) is 14.7. The average Bonchev–Trinajstić information content (AvgIpc) is 3.48. The zero-order valence-corrected chi connectivity index (χ0v) is 19.8. The molecule has 0 atom stereocenters. The van der Waals surface area contributed by atoms with Crippen molar-refractivity contribution >= 4 is 35.0 Å². The van der Waals surface area contributed by atoms with Gasteiger partial charge in [-0.3, -0.25) is 19.2 Å². The molecule has 0 saturated carbocycles. The number of imide groups is 2. The molecule has 0 saturated heterocycles. The van der Waals surface area contributed by atoms with Gasteiger partial charge in [0.05, 0.1) is 22.8 Å². The number of hydrogen-bond donors (Lipinski definition) is 0. The molecule has 0 fully saturated rings. The van der Waals surface area contributed by atoms with Gasteiger partial charge in [0.2, 0.25) is 0 Å². The standard InChI is InChI=1S/C30H18N4O4/c35-26-14-15-27(36)33(26)22-10-6-19(7-11-22)24-18-25(32-30(31-24)21-4-2-1-3-5-21)20-8-12-23(13-9-20)34-28(37)16-17-29(34)38/h1-18H. The van der Waals surface area contributed by atoms with Crippen LogP contribution in [0.1, 0.15) is 0 Å². The van der Waals surface area contributed by atoms with Crippen molar-refractivity contribution in [2.45, 2.75) is 0 Å². The SMILES string of the molecule is O=C1C=CC(=O)N1c1ccc(-c2cc(-c3ccc(N4C(=O)C=CC4=O)cc3)nc(-c3ccccc3)n2)cc1. The van der Waals surface area contributed by atoms with Crippen molar-refractivity contribution in [3.05, 3.63) is 109 Å². The number of nitrogens with zero attached hydrogens (tertiary/aromatic N) is 4. The Morgan fingerprint density at radius 1 is 0.447 bits per heavy atom. The number of amides is 4. The lowest BCUT2D eigenvalue weighted by Gasteiger charge is -2.15. The van der Waals surface area contributed by atoms with E-state index < -0.39 is 0 Å². The Labute approximate surface area is 217 Å². The van der Waals surface area contributed by atoms with Crippen LogP contribution in [0.5, 0.6) is 0 Å². The Morgan fingerprint density at radius 2 is 0.842 bits per heavy atom. The summed E-state index contributed by atoms with van der Waals surface area (Å²) < 4.78 is 0. The molecule has 0 aliphatic carbocycles. The summed E-state index contributed by atoms with van der Waals surface area (Å²) in [5.41, 5.74) is 4.63. The second-order valence-electron chi connectivity index (χ2n) is 8.61. The predicted molar refractivity (Wildman–Crippen MR) is 142 cm³/mol. The summed E-state index contributed by atoms with van der Waals surface area (Å²) in [5.74, 6) is -0.996. The quantitative estimate of drug-likeness (QED) is 0.380. The third-order valence-corrected chi connectivity index (χ3v) is 6.22. The third kappa shape index (κ3) is 4.10. The maximum absolute atomic E-state index is 12.0. The fourth-order valence-electron chi connectivity index (χ4n) is 4.33. The molecule has 3 aromatic carbocycles. The third-order valence-electron chi connectivity index (χ3n) is 6.22. The number of carbonyl (C=O) groups is 4. The Hall–Kier alpha value is -5.50. The Morgan fingerprint density at radius 3 is 1.24 bits per heavy atom. The zero-order chi connectivity index (χ0) is 26.2. The minimum Gasteiger partial charge on any atom is -0.269 e. The summed E-state index contributed by atoms with van der Waals surface area (Å²) in [4.78, 5) is 59.9. The van der Waals surface area contributed by atoms with Crippen LogP contribution in [0.4, 0.5) is 11.4 Å². The van der Waals surface area contributed by atoms with E-state index in [4.69, 9.17) is 9.97 Å². The molecule has 1 aromatic heterocycles. The lowest BCUT2D eigenvalue weighted by molar-refractivity contribution is -0.121. The van der Waals surface area contributed by atoms with Crippen molar-refractivity contribution in [3.63, 3.8) is 0 Å². The first-order chi connectivity index (χ1) is 18.5. The summed E-state index contributed by atoms with van der Waals surface area (Å²) in [5, 5.41) is 0. The molecule has 0 unspecified atom stereocenters. The maximum atomic E-state index is 12.0. The molecular weight excluding hydrogens is 480 g/mol. The van der Waals surface area contributed by atoms with Gasteiger partial charge in [-0.2, -0.15) is 0 Å². The van der Waals surface area contributed by atoms with E-state index in [-0.39, 0.29) is 23.6 Å². The molecule has 182 valence electrons. The zero-order valence-electron chi connectivity index (χ0n) is 19.8. The molecule has 3 heterocycles. The predicted octanol–water partition coefficient (Wildman–Crippen LogP) is 4.34. The second-order valence-corrected chi connectivity index (χ2v) is 8.61. The van der Waals surface area contributed by atoms with Gasteiger partial charge in [-0.15, -0.1) is 0 Å². The van der Waals surface area contributed by atoms with Crippen LogP contribution in [0.2, 0.25) is 0 Å². The average molecular weight is 498 g/mol. The Balaban J connectivity index is 1.39. The van der Waals surface area contributed by atoms with Gasteiger partial charge < -0.3 is 0 Å². The summed E-state index contributed by atoms with van der Waals surface area (Å²) in [7, 11) is 0. The Bertz CT molecular complexity index is 1530. The monoisotopic (exact) mass is 498 g/mol. The van der Waals surface area contributed by atoms with Gasteiger partial charge in [0.1, 0.15) is 0 Å². The van der Waals surface area contributed by atoms with Crippen LogP contribution >= 0.6 is 0 Å². The molecule has 2 aliphatic rings. The van der Waals surface area contributed by atoms with Crippen molar-refractivity contribution in [1.82, 2.24) is 9.97 Å². The molecular formula is C30H18N4O4. The molecule has 0 radical (unpaired) electrons. The molecule has 0 spiro atoms. The molecule has 0 bridgehead atoms. The smallest absolute Gasteiger partial charge is 0.258 e. The maximum Gasteiger partial charge on any atom is 0.258 e. The van der Waals surface area contributed by atoms with Gasteiger partial charge in [-0.05, 0) is 30.3 Å². The molecule has 38 heavy (non-hydrogen) atoms. The van der Waals surface area contributed by atoms with Crippen molar-refractivity contribution in [2.24, 2.45) is 0 Å². The summed E-state index contributed by atoms with van der Waals surface area (Å²) in [6.07, 6.45) is 4.99. The number of rotatable bonds is 5. The first-order valence-electron chi connectivity index (χ1n) is 11.8. The number of anilines is 2. The summed E-state index contributed by atoms with van der Waals surface area (Å²) >= 11 is 0. The number of benzene rings is 3. The minimum atomic E-state index is -0.380. The van der Waals surface area contributed by atoms with E-state index in [1.165, 1.54) is 24.3 Å². The van der Waals surface area contributed by atoms with Crippen molar-refractivity contribution in [2.75, 3.05) is 9.80 Å². The Kier molecular flexibility index (Phi) is 5.54. The fraction of sp³-hybridized carbons (Fsp3) is 0. The number of hydrogen-bond acceptors (Lipinski definition) is 6. The van der Waals surface area contributed by atoms with Crippen LogP contribution in [-0.4, -0.2) is 33.6 Å². The lowest BCUT2D eigenvalue weighted by Crippen LogP contribution is -2.29. The van der Waals surface area contributed by atoms with Gasteiger partial charge in [0.25, 0.3) is 23.6 Å². The highest BCUT2D eigenvalue weighted by Gasteiger charge is 2.26. The first-order valence-corrected chi connectivity index (χ1v) is 11.8. The molecule has 4 amide bonds. The summed E-state index contributed by atoms with van der Waals surface area (Å²) in [6.45, 7) is 0. The van der Waals surface area contributed by atoms with Crippen LogP contribution in [-0.2, 0) is 19.2 Å². The van der Waals surface area contributed by atoms with Crippen LogP contribution < -0.4 is 9.80 Å². The molecule has 8 nitrogen and oxygen atoms in total. The summed E-state index contributed by atoms with van der Waals surface area (Å²) in [6, 6.07) is 25.4. The highest BCUT2D eigenvalue weighted by Crippen LogP contribution is 2.30. The van der Waals surface area contributed by atoms with Crippen LogP contribution in [0.3, 0.4) is 0 Å². The molecule has 8 heteroatoms. The number of carbonyl (C=O) groups excluding carboxylic acids is 4. The molecule has 4 aromatic rings. The van der Waals surface area contributed by atoms with E-state index in [1.54, 1.807) is 48.5 Å². The van der Waals surface area contributed by atoms with E-state index >= 15 is 0 Å². The van der Waals surface area contributed by atoms with E-state index in [2.05, 4.69) is 0 Å². The van der Waals surface area contributed by atoms with Gasteiger partial charge in [0, 0.05) is 41.0 Å². The second kappa shape index (κ2) is 9.18. The topological polar surface area (TPSA) is 101 Å². The van der Waals surface area contributed by atoms with E-state index in [0.717, 1.165) is 26.5 Å². The minimum absolute atomic E-state index is 0.380. The van der Waals surface area contributed by atoms with Gasteiger partial charge in [0.15, 0.2) is 5.82 Å². The van der Waals surface area contributed by atoms with Crippen LogP contribution in [0, 0.1) is 0 Å². The number of aromatic nitrogens is 2. The van der Waals surface area contributed by atoms with Crippen molar-refractivity contribution < 1.29 is 19.2 Å². The fourth-order valence-corrected chi connectivity index (χ4v) is 4.33. The highest BCUT2D eigenvalue weighted by molar-refractivity contribution is 6.28. The van der Waals surface area contributed by atoms with E-state index in [0.29, 0.717) is 28.6 Å². The molecule has 6 rings (SSSR count). The largest absolute Gasteiger partial charge is 0.269 e. The molecule has 0 N–H and O–H groups in total. The van der Waals surface area contributed by atoms with Crippen LogP contribution in [0.25, 0.3) is 33.9 Å². The van der Waals surface area contributed by atoms with Gasteiger partial charge in [-0.1, -0.05) is 54.6 Å². The molecule has 2 aliphatic heterocycles. The first kappa shape index (κ1) is 22.9. The van der Waals surface area contributed by atoms with E-state index in [1.807, 2.05) is 36.4 Å². The highest BCUT2D eigenvalue weighted by atomic mass is 16.2. The van der Waals surface area contributed by atoms with E-state index in [9.17, 15) is 19.2 Å². The van der Waals surface area contributed by atoms with Gasteiger partial charge >= 0.3 is 0 Å². The van der Waals surface area contributed by atoms with Crippen molar-refractivity contribution in [1.29, 1.82) is 0 Å². The lowest BCUT2D eigenvalue weighted by atomic mass is 10.1. The van der Waals surface area contributed by atoms with Crippen molar-refractivity contribution in [3.8, 4) is 33.9 Å².